The summed E-state index contributed by atoms with van der Waals surface area (Å²) in [4.78, 5) is 19.4. The molecule has 3 heterocycles. The average Bonchev–Trinajstić information content (AvgIpc) is 3.08. The lowest BCUT2D eigenvalue weighted by atomic mass is 10.1. The Kier molecular flexibility index (Phi) is 6.27. The quantitative estimate of drug-likeness (QED) is 0.627. The van der Waals surface area contributed by atoms with Gasteiger partial charge in [0.15, 0.2) is 0 Å². The van der Waals surface area contributed by atoms with Gasteiger partial charge in [-0.2, -0.15) is 0 Å². The fraction of sp³-hybridized carbons (Fsp3) is 0.300. The molecule has 0 radical (unpaired) electrons. The van der Waals surface area contributed by atoms with Gasteiger partial charge in [0.05, 0.1) is 24.3 Å². The molecular formula is C20H22BrClN4O2. The maximum Gasteiger partial charge on any atom is 0.257 e. The summed E-state index contributed by atoms with van der Waals surface area (Å²) in [6, 6.07) is 8.01. The van der Waals surface area contributed by atoms with Crippen LogP contribution in [0.1, 0.15) is 15.9 Å². The highest BCUT2D eigenvalue weighted by molar-refractivity contribution is 9.10. The van der Waals surface area contributed by atoms with Crippen LogP contribution in [0.2, 0.25) is 0 Å². The number of morpholine rings is 1. The largest absolute Gasteiger partial charge is 0.378 e. The minimum atomic E-state index is 0. The summed E-state index contributed by atoms with van der Waals surface area (Å²) in [5.41, 5.74) is 3.60. The maximum absolute atomic E-state index is 13.0. The molecule has 0 atom stereocenters. The van der Waals surface area contributed by atoms with Crippen molar-refractivity contribution >= 4 is 56.7 Å². The second-order valence-electron chi connectivity index (χ2n) is 6.65. The van der Waals surface area contributed by atoms with Crippen LogP contribution in [-0.4, -0.2) is 46.7 Å². The number of anilines is 2. The molecule has 1 amide bonds. The fourth-order valence-corrected chi connectivity index (χ4v) is 3.75. The Morgan fingerprint density at radius 2 is 2.00 bits per heavy atom. The smallest absolute Gasteiger partial charge is 0.257 e. The summed E-state index contributed by atoms with van der Waals surface area (Å²) >= 11 is 3.56. The number of amides is 1. The van der Waals surface area contributed by atoms with Gasteiger partial charge in [-0.05, 0) is 30.7 Å². The summed E-state index contributed by atoms with van der Waals surface area (Å²) in [6.07, 6.45) is 3.64. The molecule has 0 unspecified atom stereocenters. The van der Waals surface area contributed by atoms with E-state index in [1.54, 1.807) is 6.20 Å². The van der Waals surface area contributed by atoms with Crippen molar-refractivity contribution in [1.82, 2.24) is 14.5 Å². The molecule has 0 saturated carbocycles. The number of hydrogen-bond donors (Lipinski definition) is 1. The third-order valence-corrected chi connectivity index (χ3v) is 5.81. The van der Waals surface area contributed by atoms with Gasteiger partial charge in [0.1, 0.15) is 5.82 Å². The second kappa shape index (κ2) is 8.51. The van der Waals surface area contributed by atoms with Gasteiger partial charge in [-0.3, -0.25) is 4.79 Å². The van der Waals surface area contributed by atoms with Crippen LogP contribution in [0.15, 0.2) is 41.1 Å². The first kappa shape index (κ1) is 20.6. The predicted molar refractivity (Wildman–Crippen MR) is 117 cm³/mol. The van der Waals surface area contributed by atoms with Crippen molar-refractivity contribution in [3.8, 4) is 0 Å². The molecule has 8 heteroatoms. The zero-order chi connectivity index (χ0) is 19.0. The number of benzene rings is 1. The number of carbonyl (C=O) groups excluding carboxylic acids is 1. The Bertz CT molecular complexity index is 1010. The van der Waals surface area contributed by atoms with Crippen molar-refractivity contribution in [3.05, 3.63) is 52.3 Å². The number of halogens is 2. The molecule has 2 aromatic heterocycles. The van der Waals surface area contributed by atoms with E-state index in [9.17, 15) is 4.79 Å². The molecule has 4 rings (SSSR count). The Hall–Kier alpha value is -2.09. The molecule has 1 fully saturated rings. The van der Waals surface area contributed by atoms with E-state index in [4.69, 9.17) is 4.74 Å². The van der Waals surface area contributed by atoms with Gasteiger partial charge >= 0.3 is 0 Å². The van der Waals surface area contributed by atoms with Crippen molar-refractivity contribution in [2.45, 2.75) is 6.92 Å². The van der Waals surface area contributed by atoms with Crippen LogP contribution in [0, 0.1) is 6.92 Å². The molecule has 1 aromatic carbocycles. The number of nitrogens with one attached hydrogen (secondary N) is 1. The molecule has 3 aromatic rings. The first-order valence-corrected chi connectivity index (χ1v) is 9.69. The van der Waals surface area contributed by atoms with Crippen molar-refractivity contribution in [2.75, 3.05) is 31.6 Å². The SMILES string of the molecule is Cc1c(Br)cccc1Nc1ncc(C(=O)N2CCOCC2)c2c1ccn2C.Cl. The number of aryl methyl sites for hydroxylation is 1. The predicted octanol–water partition coefficient (Wildman–Crippen LogP) is 4.28. The number of fused-ring (bicyclic) bond motifs is 1. The van der Waals surface area contributed by atoms with Crippen LogP contribution in [-0.2, 0) is 11.8 Å². The minimum Gasteiger partial charge on any atom is -0.378 e. The first-order valence-electron chi connectivity index (χ1n) is 8.89. The number of pyridine rings is 1. The van der Waals surface area contributed by atoms with Crippen LogP contribution in [0.3, 0.4) is 0 Å². The van der Waals surface area contributed by atoms with E-state index in [-0.39, 0.29) is 18.3 Å². The van der Waals surface area contributed by atoms with E-state index in [1.807, 2.05) is 53.9 Å². The van der Waals surface area contributed by atoms with Gasteiger partial charge in [-0.15, -0.1) is 12.4 Å². The molecule has 148 valence electrons. The molecule has 1 aliphatic rings. The van der Waals surface area contributed by atoms with E-state index in [0.717, 1.165) is 32.4 Å². The van der Waals surface area contributed by atoms with Crippen LogP contribution in [0.25, 0.3) is 10.9 Å². The second-order valence-corrected chi connectivity index (χ2v) is 7.51. The fourth-order valence-electron chi connectivity index (χ4n) is 3.38. The third-order valence-electron chi connectivity index (χ3n) is 4.96. The van der Waals surface area contributed by atoms with Crippen LogP contribution in [0.4, 0.5) is 11.5 Å². The number of nitrogens with zero attached hydrogens (tertiary/aromatic N) is 3. The van der Waals surface area contributed by atoms with E-state index in [0.29, 0.717) is 31.9 Å². The molecule has 6 nitrogen and oxygen atoms in total. The Labute approximate surface area is 178 Å². The lowest BCUT2D eigenvalue weighted by molar-refractivity contribution is 0.0303. The summed E-state index contributed by atoms with van der Waals surface area (Å²) in [5, 5.41) is 4.34. The summed E-state index contributed by atoms with van der Waals surface area (Å²) in [7, 11) is 1.95. The van der Waals surface area contributed by atoms with Crippen LogP contribution in [0.5, 0.6) is 0 Å². The highest BCUT2D eigenvalue weighted by Crippen LogP contribution is 2.31. The van der Waals surface area contributed by atoms with Crippen molar-refractivity contribution in [2.24, 2.45) is 7.05 Å². The van der Waals surface area contributed by atoms with E-state index in [1.165, 1.54) is 0 Å². The summed E-state index contributed by atoms with van der Waals surface area (Å²) < 4.78 is 8.37. The highest BCUT2D eigenvalue weighted by atomic mass is 79.9. The number of ether oxygens (including phenoxy) is 1. The maximum atomic E-state index is 13.0. The minimum absolute atomic E-state index is 0. The molecule has 1 aliphatic heterocycles. The van der Waals surface area contributed by atoms with Gasteiger partial charge in [-0.1, -0.05) is 22.0 Å². The van der Waals surface area contributed by atoms with E-state index in [2.05, 4.69) is 26.2 Å². The summed E-state index contributed by atoms with van der Waals surface area (Å²) in [6.45, 7) is 4.43. The van der Waals surface area contributed by atoms with Crippen molar-refractivity contribution < 1.29 is 9.53 Å². The molecule has 0 bridgehead atoms. The molecule has 1 saturated heterocycles. The lowest BCUT2D eigenvalue weighted by Gasteiger charge is -2.27. The Balaban J connectivity index is 0.00000225. The normalized spacial score (nSPS) is 14.0. The third kappa shape index (κ3) is 3.74. The van der Waals surface area contributed by atoms with Gasteiger partial charge in [-0.25, -0.2) is 4.98 Å². The van der Waals surface area contributed by atoms with Crippen LogP contribution < -0.4 is 5.32 Å². The topological polar surface area (TPSA) is 59.4 Å². The standard InChI is InChI=1S/C20H21BrN4O2.ClH/c1-13-16(21)4-3-5-17(13)23-19-14-6-7-24(2)18(14)15(12-22-19)20(26)25-8-10-27-11-9-25;/h3-7,12H,8-11H2,1-2H3,(H,22,23);1H. The van der Waals surface area contributed by atoms with Crippen molar-refractivity contribution in [1.29, 1.82) is 0 Å². The Morgan fingerprint density at radius 1 is 1.25 bits per heavy atom. The average molecular weight is 466 g/mol. The molecule has 1 N–H and O–H groups in total. The van der Waals surface area contributed by atoms with Gasteiger partial charge in [0.2, 0.25) is 0 Å². The van der Waals surface area contributed by atoms with Crippen molar-refractivity contribution in [3.63, 3.8) is 0 Å². The lowest BCUT2D eigenvalue weighted by Crippen LogP contribution is -2.40. The first-order chi connectivity index (χ1) is 13.1. The zero-order valence-corrected chi connectivity index (χ0v) is 18.1. The number of aromatic nitrogens is 2. The van der Waals surface area contributed by atoms with Gasteiger partial charge in [0.25, 0.3) is 5.91 Å². The van der Waals surface area contributed by atoms with Crippen LogP contribution >= 0.6 is 28.3 Å². The molecule has 0 spiro atoms. The molecule has 28 heavy (non-hydrogen) atoms. The van der Waals surface area contributed by atoms with Gasteiger partial charge in [0, 0.05) is 48.1 Å². The molecule has 0 aliphatic carbocycles. The number of hydrogen-bond acceptors (Lipinski definition) is 4. The Morgan fingerprint density at radius 3 is 2.75 bits per heavy atom. The number of carbonyl (C=O) groups is 1. The molecular weight excluding hydrogens is 444 g/mol. The monoisotopic (exact) mass is 464 g/mol. The van der Waals surface area contributed by atoms with E-state index < -0.39 is 0 Å². The number of rotatable bonds is 3. The van der Waals surface area contributed by atoms with Gasteiger partial charge < -0.3 is 19.5 Å². The zero-order valence-electron chi connectivity index (χ0n) is 15.7. The summed E-state index contributed by atoms with van der Waals surface area (Å²) in [5.74, 6) is 0.744. The highest BCUT2D eigenvalue weighted by Gasteiger charge is 2.23. The van der Waals surface area contributed by atoms with E-state index >= 15 is 0 Å².